The Balaban J connectivity index is 1.15. The van der Waals surface area contributed by atoms with Crippen LogP contribution in [0.2, 0.25) is 0 Å². The van der Waals surface area contributed by atoms with Gasteiger partial charge in [0, 0.05) is 12.6 Å². The lowest BCUT2D eigenvalue weighted by atomic mass is 9.48. The van der Waals surface area contributed by atoms with E-state index in [1.165, 1.54) is 49.7 Å². The lowest BCUT2D eigenvalue weighted by Gasteiger charge is -2.59. The van der Waals surface area contributed by atoms with E-state index in [0.29, 0.717) is 18.1 Å². The fourth-order valence-electron chi connectivity index (χ4n) is 6.64. The van der Waals surface area contributed by atoms with Crippen LogP contribution in [0.4, 0.5) is 0 Å². The van der Waals surface area contributed by atoms with E-state index in [2.05, 4.69) is 60.8 Å². The molecule has 4 bridgehead atoms. The number of benzene rings is 2. The van der Waals surface area contributed by atoms with Gasteiger partial charge in [-0.15, -0.1) is 0 Å². The van der Waals surface area contributed by atoms with Crippen LogP contribution in [0.1, 0.15) is 56.6 Å². The Kier molecular flexibility index (Phi) is 4.92. The van der Waals surface area contributed by atoms with Crippen LogP contribution in [-0.4, -0.2) is 6.04 Å². The zero-order valence-corrected chi connectivity index (χ0v) is 17.1. The molecule has 2 heteroatoms. The van der Waals surface area contributed by atoms with Crippen molar-refractivity contribution in [3.63, 3.8) is 0 Å². The molecule has 0 saturated heterocycles. The van der Waals surface area contributed by atoms with Gasteiger partial charge >= 0.3 is 0 Å². The highest BCUT2D eigenvalue weighted by Gasteiger charge is 2.52. The molecule has 0 spiro atoms. The number of nitrogens with one attached hydrogen (secondary N) is 1. The van der Waals surface area contributed by atoms with Gasteiger partial charge in [0.15, 0.2) is 0 Å². The fourth-order valence-corrected chi connectivity index (χ4v) is 6.64. The molecule has 1 atom stereocenters. The first kappa shape index (κ1) is 18.2. The first-order chi connectivity index (χ1) is 13.7. The number of rotatable bonds is 7. The molecule has 4 saturated carbocycles. The Labute approximate surface area is 169 Å². The lowest BCUT2D eigenvalue weighted by Crippen LogP contribution is -2.54. The summed E-state index contributed by atoms with van der Waals surface area (Å²) in [5, 5.41) is 3.89. The summed E-state index contributed by atoms with van der Waals surface area (Å²) in [6.45, 7) is 4.04. The monoisotopic (exact) mass is 375 g/mol. The van der Waals surface area contributed by atoms with Gasteiger partial charge in [0.1, 0.15) is 12.4 Å². The first-order valence-electron chi connectivity index (χ1n) is 11.2. The van der Waals surface area contributed by atoms with Crippen LogP contribution < -0.4 is 10.1 Å². The minimum Gasteiger partial charge on any atom is -0.489 e. The highest BCUT2D eigenvalue weighted by atomic mass is 16.5. The Hall–Kier alpha value is -1.80. The molecule has 2 aromatic rings. The zero-order valence-electron chi connectivity index (χ0n) is 17.1. The van der Waals surface area contributed by atoms with E-state index in [1.54, 1.807) is 0 Å². The predicted octanol–water partition coefficient (Wildman–Crippen LogP) is 5.96. The summed E-state index contributed by atoms with van der Waals surface area (Å²) in [6, 6.07) is 19.6. The maximum Gasteiger partial charge on any atom is 0.119 e. The SMILES string of the molecule is C[C@@H](NCc1ccc(OCc2ccccc2)cc1)C12CC3CC(CC(C3)C1)C2. The maximum absolute atomic E-state index is 5.92. The molecule has 2 nitrogen and oxygen atoms in total. The Morgan fingerprint density at radius 1 is 0.857 bits per heavy atom. The fraction of sp³-hybridized carbons (Fsp3) is 0.538. The average molecular weight is 376 g/mol. The molecule has 0 aliphatic heterocycles. The smallest absolute Gasteiger partial charge is 0.119 e. The average Bonchev–Trinajstić information content (AvgIpc) is 2.71. The molecule has 28 heavy (non-hydrogen) atoms. The van der Waals surface area contributed by atoms with Crippen molar-refractivity contribution in [2.24, 2.45) is 23.2 Å². The van der Waals surface area contributed by atoms with E-state index in [1.807, 2.05) is 6.07 Å². The van der Waals surface area contributed by atoms with Crippen molar-refractivity contribution in [1.29, 1.82) is 0 Å². The molecule has 148 valence electrons. The van der Waals surface area contributed by atoms with Crippen molar-refractivity contribution < 1.29 is 4.74 Å². The molecule has 0 heterocycles. The van der Waals surface area contributed by atoms with Crippen molar-refractivity contribution in [3.05, 3.63) is 65.7 Å². The summed E-state index contributed by atoms with van der Waals surface area (Å²) in [4.78, 5) is 0. The summed E-state index contributed by atoms with van der Waals surface area (Å²) in [7, 11) is 0. The van der Waals surface area contributed by atoms with Gasteiger partial charge in [0.05, 0.1) is 0 Å². The van der Waals surface area contributed by atoms with E-state index < -0.39 is 0 Å². The molecular formula is C26H33NO. The van der Waals surface area contributed by atoms with Gasteiger partial charge in [-0.1, -0.05) is 42.5 Å². The van der Waals surface area contributed by atoms with Crippen molar-refractivity contribution in [2.75, 3.05) is 0 Å². The standard InChI is InChI=1S/C26H33NO/c1-19(26-14-22-11-23(15-26)13-24(12-22)16-26)27-17-20-7-9-25(10-8-20)28-18-21-5-3-2-4-6-21/h2-10,19,22-24,27H,11-18H2,1H3/t19-,22?,23?,24?,26?/m1/s1. The summed E-state index contributed by atoms with van der Waals surface area (Å²) >= 11 is 0. The van der Waals surface area contributed by atoms with E-state index in [-0.39, 0.29) is 0 Å². The molecular weight excluding hydrogens is 342 g/mol. The molecule has 0 unspecified atom stereocenters. The van der Waals surface area contributed by atoms with Crippen molar-refractivity contribution in [2.45, 2.75) is 64.6 Å². The second kappa shape index (κ2) is 7.55. The third-order valence-corrected chi connectivity index (χ3v) is 7.79. The van der Waals surface area contributed by atoms with Gasteiger partial charge in [0.2, 0.25) is 0 Å². The molecule has 4 fully saturated rings. The Morgan fingerprint density at radius 2 is 1.46 bits per heavy atom. The van der Waals surface area contributed by atoms with E-state index >= 15 is 0 Å². The second-order valence-electron chi connectivity index (χ2n) is 9.80. The lowest BCUT2D eigenvalue weighted by molar-refractivity contribution is -0.0706. The molecule has 4 aliphatic carbocycles. The zero-order chi connectivity index (χ0) is 19.0. The minimum atomic E-state index is 0.577. The molecule has 6 rings (SSSR count). The van der Waals surface area contributed by atoms with Crippen LogP contribution in [0.15, 0.2) is 54.6 Å². The van der Waals surface area contributed by atoms with Gasteiger partial charge in [-0.3, -0.25) is 0 Å². The highest BCUT2D eigenvalue weighted by Crippen LogP contribution is 2.61. The molecule has 0 amide bonds. The van der Waals surface area contributed by atoms with Crippen molar-refractivity contribution in [1.82, 2.24) is 5.32 Å². The maximum atomic E-state index is 5.92. The van der Waals surface area contributed by atoms with Gasteiger partial charge < -0.3 is 10.1 Å². The van der Waals surface area contributed by atoms with Gasteiger partial charge in [0.25, 0.3) is 0 Å². The first-order valence-corrected chi connectivity index (χ1v) is 11.2. The highest BCUT2D eigenvalue weighted by molar-refractivity contribution is 5.28. The molecule has 0 radical (unpaired) electrons. The third-order valence-electron chi connectivity index (χ3n) is 7.79. The summed E-state index contributed by atoms with van der Waals surface area (Å²) < 4.78 is 5.92. The van der Waals surface area contributed by atoms with Crippen LogP contribution >= 0.6 is 0 Å². The number of hydrogen-bond donors (Lipinski definition) is 1. The van der Waals surface area contributed by atoms with Crippen LogP contribution in [0.5, 0.6) is 5.75 Å². The van der Waals surface area contributed by atoms with E-state index in [9.17, 15) is 0 Å². The van der Waals surface area contributed by atoms with Gasteiger partial charge in [-0.05, 0) is 91.9 Å². The molecule has 0 aromatic heterocycles. The largest absolute Gasteiger partial charge is 0.489 e. The molecule has 4 aliphatic rings. The van der Waals surface area contributed by atoms with Crippen LogP contribution in [0.3, 0.4) is 0 Å². The normalized spacial score (nSPS) is 31.7. The summed E-state index contributed by atoms with van der Waals surface area (Å²) in [6.07, 6.45) is 8.99. The van der Waals surface area contributed by atoms with Crippen molar-refractivity contribution >= 4 is 0 Å². The second-order valence-corrected chi connectivity index (χ2v) is 9.80. The third kappa shape index (κ3) is 3.72. The summed E-state index contributed by atoms with van der Waals surface area (Å²) in [5.74, 6) is 4.02. The van der Waals surface area contributed by atoms with Gasteiger partial charge in [-0.2, -0.15) is 0 Å². The summed E-state index contributed by atoms with van der Waals surface area (Å²) in [5.41, 5.74) is 3.13. The Bertz CT molecular complexity index is 747. The minimum absolute atomic E-state index is 0.577. The molecule has 1 N–H and O–H groups in total. The van der Waals surface area contributed by atoms with E-state index in [0.717, 1.165) is 30.0 Å². The predicted molar refractivity (Wildman–Crippen MR) is 114 cm³/mol. The van der Waals surface area contributed by atoms with Gasteiger partial charge in [-0.25, -0.2) is 0 Å². The van der Waals surface area contributed by atoms with Crippen LogP contribution in [0, 0.1) is 23.2 Å². The van der Waals surface area contributed by atoms with Crippen LogP contribution in [-0.2, 0) is 13.2 Å². The quantitative estimate of drug-likeness (QED) is 0.645. The van der Waals surface area contributed by atoms with Crippen molar-refractivity contribution in [3.8, 4) is 5.75 Å². The number of hydrogen-bond acceptors (Lipinski definition) is 2. The number of ether oxygens (including phenoxy) is 1. The van der Waals surface area contributed by atoms with Crippen LogP contribution in [0.25, 0.3) is 0 Å². The molecule has 2 aromatic carbocycles. The Morgan fingerprint density at radius 3 is 2.07 bits per heavy atom. The topological polar surface area (TPSA) is 21.3 Å². The van der Waals surface area contributed by atoms with E-state index in [4.69, 9.17) is 4.74 Å².